The van der Waals surface area contributed by atoms with Crippen LogP contribution in [0.25, 0.3) is 0 Å². The molecule has 0 aliphatic carbocycles. The molecular formula is C15H18N2O2S. The molecule has 0 amide bonds. The molecule has 0 aliphatic rings. The number of carbonyl (C=O) groups is 1. The predicted molar refractivity (Wildman–Crippen MR) is 81.3 cm³/mol. The van der Waals surface area contributed by atoms with E-state index in [1.165, 1.54) is 4.88 Å². The van der Waals surface area contributed by atoms with E-state index < -0.39 is 0 Å². The van der Waals surface area contributed by atoms with Gasteiger partial charge < -0.3 is 10.1 Å². The highest BCUT2D eigenvalue weighted by Crippen LogP contribution is 2.19. The lowest BCUT2D eigenvalue weighted by Crippen LogP contribution is -2.06. The summed E-state index contributed by atoms with van der Waals surface area (Å²) in [6.07, 6.45) is 0. The van der Waals surface area contributed by atoms with E-state index >= 15 is 0 Å². The van der Waals surface area contributed by atoms with E-state index in [0.29, 0.717) is 18.7 Å². The SMILES string of the molecule is CCOC(=O)c1cccc(NCc2sc(C)nc2C)c1. The number of esters is 1. The summed E-state index contributed by atoms with van der Waals surface area (Å²) >= 11 is 1.69. The van der Waals surface area contributed by atoms with Gasteiger partial charge in [0.1, 0.15) is 0 Å². The fourth-order valence-corrected chi connectivity index (χ4v) is 2.77. The number of aryl methyl sites for hydroxylation is 2. The van der Waals surface area contributed by atoms with Crippen LogP contribution in [0.4, 0.5) is 5.69 Å². The summed E-state index contributed by atoms with van der Waals surface area (Å²) in [5, 5.41) is 4.38. The van der Waals surface area contributed by atoms with Crippen molar-refractivity contribution in [2.24, 2.45) is 0 Å². The molecule has 1 aromatic heterocycles. The molecule has 0 unspecified atom stereocenters. The zero-order valence-corrected chi connectivity index (χ0v) is 12.7. The largest absolute Gasteiger partial charge is 0.462 e. The minimum atomic E-state index is -0.291. The zero-order chi connectivity index (χ0) is 14.5. The Morgan fingerprint density at radius 1 is 1.40 bits per heavy atom. The quantitative estimate of drug-likeness (QED) is 0.856. The van der Waals surface area contributed by atoms with Crippen molar-refractivity contribution >= 4 is 23.0 Å². The van der Waals surface area contributed by atoms with Gasteiger partial charge in [0, 0.05) is 10.6 Å². The summed E-state index contributed by atoms with van der Waals surface area (Å²) in [6, 6.07) is 7.35. The predicted octanol–water partition coefficient (Wildman–Crippen LogP) is 3.55. The Kier molecular flexibility index (Phi) is 4.74. The Hall–Kier alpha value is -1.88. The van der Waals surface area contributed by atoms with Crippen LogP contribution < -0.4 is 5.32 Å². The maximum Gasteiger partial charge on any atom is 0.338 e. The summed E-state index contributed by atoms with van der Waals surface area (Å²) in [5.74, 6) is -0.291. The molecule has 0 saturated carbocycles. The Balaban J connectivity index is 2.05. The highest BCUT2D eigenvalue weighted by Gasteiger charge is 2.08. The van der Waals surface area contributed by atoms with Crippen molar-refractivity contribution in [2.45, 2.75) is 27.3 Å². The normalized spacial score (nSPS) is 10.3. The molecule has 20 heavy (non-hydrogen) atoms. The maximum absolute atomic E-state index is 11.7. The molecule has 0 spiro atoms. The van der Waals surface area contributed by atoms with E-state index in [2.05, 4.69) is 10.3 Å². The summed E-state index contributed by atoms with van der Waals surface area (Å²) in [6.45, 7) is 6.91. The lowest BCUT2D eigenvalue weighted by molar-refractivity contribution is 0.0526. The van der Waals surface area contributed by atoms with Gasteiger partial charge in [0.25, 0.3) is 0 Å². The maximum atomic E-state index is 11.7. The standard InChI is InChI=1S/C15H18N2O2S/c1-4-19-15(18)12-6-5-7-13(8-12)16-9-14-10(2)17-11(3)20-14/h5-8,16H,4,9H2,1-3H3. The van der Waals surface area contributed by atoms with Crippen LogP contribution >= 0.6 is 11.3 Å². The highest BCUT2D eigenvalue weighted by atomic mass is 32.1. The van der Waals surface area contributed by atoms with Gasteiger partial charge in [-0.3, -0.25) is 0 Å². The second-order valence-electron chi connectivity index (χ2n) is 4.40. The molecule has 0 saturated heterocycles. The summed E-state index contributed by atoms with van der Waals surface area (Å²) in [7, 11) is 0. The third-order valence-electron chi connectivity index (χ3n) is 2.83. The van der Waals surface area contributed by atoms with Crippen LogP contribution in [-0.4, -0.2) is 17.6 Å². The van der Waals surface area contributed by atoms with Crippen molar-refractivity contribution in [1.29, 1.82) is 0 Å². The fourth-order valence-electron chi connectivity index (χ4n) is 1.89. The second kappa shape index (κ2) is 6.52. The molecule has 1 N–H and O–H groups in total. The average Bonchev–Trinajstić information content (AvgIpc) is 2.75. The van der Waals surface area contributed by atoms with E-state index in [1.807, 2.05) is 26.0 Å². The lowest BCUT2D eigenvalue weighted by Gasteiger charge is -2.07. The molecule has 0 aliphatic heterocycles. The molecule has 0 bridgehead atoms. The van der Waals surface area contributed by atoms with Crippen LogP contribution in [0.3, 0.4) is 0 Å². The van der Waals surface area contributed by atoms with Gasteiger partial charge >= 0.3 is 5.97 Å². The number of carbonyl (C=O) groups excluding carboxylic acids is 1. The molecule has 2 aromatic rings. The molecule has 0 atom stereocenters. The Bertz CT molecular complexity index is 608. The number of ether oxygens (including phenoxy) is 1. The third kappa shape index (κ3) is 3.57. The van der Waals surface area contributed by atoms with Gasteiger partial charge in [-0.2, -0.15) is 0 Å². The van der Waals surface area contributed by atoms with Gasteiger partial charge in [-0.15, -0.1) is 11.3 Å². The summed E-state index contributed by atoms with van der Waals surface area (Å²) < 4.78 is 4.99. The molecule has 2 rings (SSSR count). The van der Waals surface area contributed by atoms with Gasteiger partial charge in [0.05, 0.1) is 29.4 Å². The molecule has 4 nitrogen and oxygen atoms in total. The van der Waals surface area contributed by atoms with Crippen molar-refractivity contribution in [3.63, 3.8) is 0 Å². The number of nitrogens with one attached hydrogen (secondary N) is 1. The highest BCUT2D eigenvalue weighted by molar-refractivity contribution is 7.11. The zero-order valence-electron chi connectivity index (χ0n) is 11.9. The van der Waals surface area contributed by atoms with E-state index in [1.54, 1.807) is 30.4 Å². The topological polar surface area (TPSA) is 51.2 Å². The van der Waals surface area contributed by atoms with Crippen LogP contribution in [0.15, 0.2) is 24.3 Å². The molecule has 5 heteroatoms. The van der Waals surface area contributed by atoms with Crippen LogP contribution in [0.5, 0.6) is 0 Å². The number of benzene rings is 1. The van der Waals surface area contributed by atoms with E-state index in [0.717, 1.165) is 16.4 Å². The van der Waals surface area contributed by atoms with Gasteiger partial charge in [-0.05, 0) is 39.0 Å². The fraction of sp³-hybridized carbons (Fsp3) is 0.333. The van der Waals surface area contributed by atoms with Crippen LogP contribution in [0.2, 0.25) is 0 Å². The Morgan fingerprint density at radius 2 is 2.20 bits per heavy atom. The van der Waals surface area contributed by atoms with E-state index in [4.69, 9.17) is 4.74 Å². The van der Waals surface area contributed by atoms with Crippen molar-refractivity contribution < 1.29 is 9.53 Å². The van der Waals surface area contributed by atoms with E-state index in [9.17, 15) is 4.79 Å². The van der Waals surface area contributed by atoms with E-state index in [-0.39, 0.29) is 5.97 Å². The monoisotopic (exact) mass is 290 g/mol. The Labute approximate surface area is 122 Å². The van der Waals surface area contributed by atoms with Gasteiger partial charge in [-0.1, -0.05) is 6.07 Å². The van der Waals surface area contributed by atoms with Crippen molar-refractivity contribution in [3.8, 4) is 0 Å². The molecule has 0 radical (unpaired) electrons. The number of rotatable bonds is 5. The number of aromatic nitrogens is 1. The first kappa shape index (κ1) is 14.5. The summed E-state index contributed by atoms with van der Waals surface area (Å²) in [4.78, 5) is 17.3. The second-order valence-corrected chi connectivity index (χ2v) is 5.68. The minimum Gasteiger partial charge on any atom is -0.462 e. The van der Waals surface area contributed by atoms with Gasteiger partial charge in [0.15, 0.2) is 0 Å². The number of nitrogens with zero attached hydrogens (tertiary/aromatic N) is 1. The summed E-state index contributed by atoms with van der Waals surface area (Å²) in [5.41, 5.74) is 2.52. The number of anilines is 1. The van der Waals surface area contributed by atoms with Gasteiger partial charge in [-0.25, -0.2) is 9.78 Å². The van der Waals surface area contributed by atoms with Crippen LogP contribution in [0, 0.1) is 13.8 Å². The van der Waals surface area contributed by atoms with Crippen LogP contribution in [-0.2, 0) is 11.3 Å². The first-order valence-electron chi connectivity index (χ1n) is 6.54. The first-order chi connectivity index (χ1) is 9.60. The van der Waals surface area contributed by atoms with Gasteiger partial charge in [0.2, 0.25) is 0 Å². The lowest BCUT2D eigenvalue weighted by atomic mass is 10.2. The number of hydrogen-bond acceptors (Lipinski definition) is 5. The average molecular weight is 290 g/mol. The number of hydrogen-bond donors (Lipinski definition) is 1. The van der Waals surface area contributed by atoms with Crippen molar-refractivity contribution in [1.82, 2.24) is 4.98 Å². The van der Waals surface area contributed by atoms with Crippen molar-refractivity contribution in [3.05, 3.63) is 45.4 Å². The number of thiazole rings is 1. The smallest absolute Gasteiger partial charge is 0.338 e. The Morgan fingerprint density at radius 3 is 2.85 bits per heavy atom. The minimum absolute atomic E-state index is 0.291. The molecule has 106 valence electrons. The molecule has 1 aromatic carbocycles. The molecule has 1 heterocycles. The molecule has 0 fully saturated rings. The van der Waals surface area contributed by atoms with Crippen molar-refractivity contribution in [2.75, 3.05) is 11.9 Å². The third-order valence-corrected chi connectivity index (χ3v) is 3.90. The first-order valence-corrected chi connectivity index (χ1v) is 7.35. The molecular weight excluding hydrogens is 272 g/mol. The van der Waals surface area contributed by atoms with Crippen LogP contribution in [0.1, 0.15) is 32.9 Å².